The topological polar surface area (TPSA) is 133 Å². The first-order valence-corrected chi connectivity index (χ1v) is 11.9. The van der Waals surface area contributed by atoms with E-state index in [1.54, 1.807) is 63.1 Å². The van der Waals surface area contributed by atoms with E-state index in [1.807, 2.05) is 0 Å². The molecule has 9 nitrogen and oxygen atoms in total. The number of unbranched alkanes of at least 4 members (excludes halogenated alkanes) is 2. The van der Waals surface area contributed by atoms with Gasteiger partial charge < -0.3 is 24.6 Å². The molecule has 1 aromatic carbocycles. The van der Waals surface area contributed by atoms with E-state index in [0.29, 0.717) is 53.9 Å². The molecule has 2 rings (SSSR count). The van der Waals surface area contributed by atoms with Gasteiger partial charge in [0.05, 0.1) is 30.5 Å². The Bertz CT molecular complexity index is 1070. The zero-order chi connectivity index (χ0) is 26.7. The molecule has 36 heavy (non-hydrogen) atoms. The smallest absolute Gasteiger partial charge is 0.410 e. The Morgan fingerprint density at radius 2 is 1.83 bits per heavy atom. The number of carbonyl (C=O) groups is 2. The van der Waals surface area contributed by atoms with Crippen LogP contribution in [-0.2, 0) is 29.3 Å². The highest BCUT2D eigenvalue weighted by molar-refractivity contribution is 5.68. The molecule has 1 aromatic heterocycles. The Kier molecular flexibility index (Phi) is 10.7. The summed E-state index contributed by atoms with van der Waals surface area (Å²) < 4.78 is 11.7. The lowest BCUT2D eigenvalue weighted by Crippen LogP contribution is -2.37. The van der Waals surface area contributed by atoms with Gasteiger partial charge in [-0.05, 0) is 58.2 Å². The predicted octanol–water partition coefficient (Wildman–Crippen LogP) is 4.72. The lowest BCUT2D eigenvalue weighted by atomic mass is 10.1. The maximum absolute atomic E-state index is 13.0. The number of carboxylic acids is 1. The van der Waals surface area contributed by atoms with Crippen LogP contribution in [0.4, 0.5) is 4.79 Å². The SMILES string of the molecule is Cc1ncc(CO)c(CN(CCCCCC(=O)O)C(=O)OC(C)(C)C)c1OCc1ccc(C#N)cc1. The normalized spacial score (nSPS) is 11.0. The Balaban J connectivity index is 2.28. The van der Waals surface area contributed by atoms with Crippen LogP contribution in [0.5, 0.6) is 5.75 Å². The first kappa shape index (κ1) is 28.6. The average Bonchev–Trinajstić information content (AvgIpc) is 2.81. The molecule has 0 bridgehead atoms. The van der Waals surface area contributed by atoms with Crippen LogP contribution in [0.2, 0.25) is 0 Å². The third-order valence-corrected chi connectivity index (χ3v) is 5.36. The zero-order valence-electron chi connectivity index (χ0n) is 21.4. The maximum Gasteiger partial charge on any atom is 0.410 e. The van der Waals surface area contributed by atoms with Crippen molar-refractivity contribution in [1.82, 2.24) is 9.88 Å². The van der Waals surface area contributed by atoms with Gasteiger partial charge in [-0.1, -0.05) is 18.6 Å². The number of rotatable bonds is 12. The monoisotopic (exact) mass is 497 g/mol. The Morgan fingerprint density at radius 3 is 2.42 bits per heavy atom. The summed E-state index contributed by atoms with van der Waals surface area (Å²) in [5.41, 5.74) is 2.50. The maximum atomic E-state index is 13.0. The summed E-state index contributed by atoms with van der Waals surface area (Å²) >= 11 is 0. The van der Waals surface area contributed by atoms with Crippen molar-refractivity contribution in [3.05, 3.63) is 58.4 Å². The molecule has 0 aliphatic heterocycles. The lowest BCUT2D eigenvalue weighted by Gasteiger charge is -2.29. The van der Waals surface area contributed by atoms with Gasteiger partial charge in [0, 0.05) is 30.3 Å². The molecular formula is C27H35N3O6. The minimum atomic E-state index is -0.845. The molecule has 1 amide bonds. The second-order valence-electron chi connectivity index (χ2n) is 9.54. The number of benzene rings is 1. The second-order valence-corrected chi connectivity index (χ2v) is 9.54. The molecule has 0 atom stereocenters. The number of aryl methyl sites for hydroxylation is 1. The molecule has 0 spiro atoms. The Morgan fingerprint density at radius 1 is 1.14 bits per heavy atom. The molecular weight excluding hydrogens is 462 g/mol. The summed E-state index contributed by atoms with van der Waals surface area (Å²) in [5, 5.41) is 27.9. The molecule has 0 aliphatic rings. The van der Waals surface area contributed by atoms with Crippen LogP contribution in [0.25, 0.3) is 0 Å². The van der Waals surface area contributed by atoms with Crippen LogP contribution in [0.15, 0.2) is 30.5 Å². The number of amides is 1. The largest absolute Gasteiger partial charge is 0.487 e. The predicted molar refractivity (Wildman–Crippen MR) is 133 cm³/mol. The number of nitriles is 1. The van der Waals surface area contributed by atoms with Crippen molar-refractivity contribution in [1.29, 1.82) is 5.26 Å². The number of aliphatic hydroxyl groups excluding tert-OH is 1. The second kappa shape index (κ2) is 13.4. The number of ether oxygens (including phenoxy) is 2. The number of hydrogen-bond acceptors (Lipinski definition) is 7. The fourth-order valence-electron chi connectivity index (χ4n) is 3.52. The third kappa shape index (κ3) is 9.19. The molecule has 0 saturated carbocycles. The summed E-state index contributed by atoms with van der Waals surface area (Å²) in [6, 6.07) is 9.12. The zero-order valence-corrected chi connectivity index (χ0v) is 21.4. The third-order valence-electron chi connectivity index (χ3n) is 5.36. The van der Waals surface area contributed by atoms with Crippen molar-refractivity contribution in [3.63, 3.8) is 0 Å². The number of aromatic nitrogens is 1. The van der Waals surface area contributed by atoms with Crippen molar-refractivity contribution in [2.24, 2.45) is 0 Å². The van der Waals surface area contributed by atoms with Crippen molar-refractivity contribution in [3.8, 4) is 11.8 Å². The minimum Gasteiger partial charge on any atom is -0.487 e. The summed E-state index contributed by atoms with van der Waals surface area (Å²) in [7, 11) is 0. The molecule has 0 unspecified atom stereocenters. The van der Waals surface area contributed by atoms with E-state index in [0.717, 1.165) is 5.56 Å². The van der Waals surface area contributed by atoms with Crippen LogP contribution in [0.3, 0.4) is 0 Å². The molecule has 0 aliphatic carbocycles. The number of carbonyl (C=O) groups excluding carboxylic acids is 1. The molecule has 0 fully saturated rings. The molecule has 2 N–H and O–H groups in total. The molecule has 2 aromatic rings. The van der Waals surface area contributed by atoms with E-state index in [-0.39, 0.29) is 26.2 Å². The van der Waals surface area contributed by atoms with Crippen molar-refractivity contribution in [2.75, 3.05) is 6.54 Å². The molecule has 9 heteroatoms. The van der Waals surface area contributed by atoms with Crippen LogP contribution in [0, 0.1) is 18.3 Å². The first-order chi connectivity index (χ1) is 17.0. The van der Waals surface area contributed by atoms with E-state index in [1.165, 1.54) is 0 Å². The number of aliphatic carboxylic acids is 1. The highest BCUT2D eigenvalue weighted by atomic mass is 16.6. The van der Waals surface area contributed by atoms with Gasteiger partial charge in [-0.3, -0.25) is 9.78 Å². The van der Waals surface area contributed by atoms with Crippen molar-refractivity contribution in [2.45, 2.75) is 78.7 Å². The molecule has 0 radical (unpaired) electrons. The number of carboxylic acid groups (broad SMARTS) is 1. The summed E-state index contributed by atoms with van der Waals surface area (Å²) in [6.45, 7) is 7.59. The van der Waals surface area contributed by atoms with Crippen LogP contribution >= 0.6 is 0 Å². The highest BCUT2D eigenvalue weighted by Gasteiger charge is 2.25. The van der Waals surface area contributed by atoms with E-state index in [9.17, 15) is 14.7 Å². The highest BCUT2D eigenvalue weighted by Crippen LogP contribution is 2.29. The fraction of sp³-hybridized carbons (Fsp3) is 0.481. The Labute approximate surface area is 212 Å². The van der Waals surface area contributed by atoms with E-state index in [2.05, 4.69) is 11.1 Å². The van der Waals surface area contributed by atoms with Crippen molar-refractivity contribution >= 4 is 12.1 Å². The van der Waals surface area contributed by atoms with Gasteiger partial charge in [0.1, 0.15) is 18.0 Å². The van der Waals surface area contributed by atoms with Gasteiger partial charge in [0.15, 0.2) is 0 Å². The minimum absolute atomic E-state index is 0.0813. The van der Waals surface area contributed by atoms with Crippen LogP contribution in [-0.4, -0.2) is 44.3 Å². The van der Waals surface area contributed by atoms with Gasteiger partial charge in [-0.15, -0.1) is 0 Å². The summed E-state index contributed by atoms with van der Waals surface area (Å²) in [6.07, 6.45) is 2.92. The average molecular weight is 498 g/mol. The first-order valence-electron chi connectivity index (χ1n) is 11.9. The van der Waals surface area contributed by atoms with Crippen LogP contribution in [0.1, 0.15) is 74.4 Å². The number of aliphatic hydroxyl groups is 1. The van der Waals surface area contributed by atoms with Crippen molar-refractivity contribution < 1.29 is 29.3 Å². The van der Waals surface area contributed by atoms with Gasteiger partial charge in [-0.25, -0.2) is 4.79 Å². The van der Waals surface area contributed by atoms with E-state index in [4.69, 9.17) is 19.8 Å². The number of nitrogens with zero attached hydrogens (tertiary/aromatic N) is 3. The quantitative estimate of drug-likeness (QED) is 0.403. The van der Waals surface area contributed by atoms with Gasteiger partial charge in [0.25, 0.3) is 0 Å². The van der Waals surface area contributed by atoms with E-state index >= 15 is 0 Å². The molecule has 1 heterocycles. The summed E-state index contributed by atoms with van der Waals surface area (Å²) in [5.74, 6) is -0.367. The Hall–Kier alpha value is -3.64. The van der Waals surface area contributed by atoms with Gasteiger partial charge >= 0.3 is 12.1 Å². The van der Waals surface area contributed by atoms with Gasteiger partial charge in [0.2, 0.25) is 0 Å². The van der Waals surface area contributed by atoms with Crippen LogP contribution < -0.4 is 4.74 Å². The van der Waals surface area contributed by atoms with Gasteiger partial charge in [-0.2, -0.15) is 5.26 Å². The van der Waals surface area contributed by atoms with E-state index < -0.39 is 17.7 Å². The molecule has 194 valence electrons. The molecule has 0 saturated heterocycles. The standard InChI is InChI=1S/C27H35N3O6/c1-19-25(35-18-21-11-9-20(14-28)10-12-21)23(22(17-31)15-29-19)16-30(26(34)36-27(2,3)4)13-7-5-6-8-24(32)33/h9-12,15,31H,5-8,13,16-18H2,1-4H3,(H,32,33). The number of pyridine rings is 1. The lowest BCUT2D eigenvalue weighted by molar-refractivity contribution is -0.137. The number of hydrogen-bond donors (Lipinski definition) is 2. The summed E-state index contributed by atoms with van der Waals surface area (Å²) in [4.78, 5) is 29.7. The fourth-order valence-corrected chi connectivity index (χ4v) is 3.52.